The lowest BCUT2D eigenvalue weighted by Gasteiger charge is -2.36. The number of hydrogen-bond donors (Lipinski definition) is 1. The van der Waals surface area contributed by atoms with E-state index in [1.165, 1.54) is 6.42 Å². The summed E-state index contributed by atoms with van der Waals surface area (Å²) in [5.41, 5.74) is 0.130. The summed E-state index contributed by atoms with van der Waals surface area (Å²) in [6.07, 6.45) is 2.23. The van der Waals surface area contributed by atoms with E-state index in [9.17, 15) is 0 Å². The van der Waals surface area contributed by atoms with Gasteiger partial charge in [-0.25, -0.2) is 0 Å². The van der Waals surface area contributed by atoms with E-state index in [0.717, 1.165) is 45.8 Å². The summed E-state index contributed by atoms with van der Waals surface area (Å²) < 4.78 is 11.2. The van der Waals surface area contributed by atoms with E-state index >= 15 is 0 Å². The van der Waals surface area contributed by atoms with Crippen molar-refractivity contribution in [3.63, 3.8) is 0 Å². The second-order valence-corrected chi connectivity index (χ2v) is 6.06. The van der Waals surface area contributed by atoms with Crippen molar-refractivity contribution in [2.24, 2.45) is 0 Å². The zero-order valence-corrected chi connectivity index (χ0v) is 11.4. The van der Waals surface area contributed by atoms with Gasteiger partial charge in [0, 0.05) is 38.8 Å². The minimum absolute atomic E-state index is 0.0690. The van der Waals surface area contributed by atoms with Gasteiger partial charge < -0.3 is 14.8 Å². The lowest BCUT2D eigenvalue weighted by molar-refractivity contribution is -0.0424. The Morgan fingerprint density at radius 3 is 2.88 bits per heavy atom. The summed E-state index contributed by atoms with van der Waals surface area (Å²) in [4.78, 5) is 2.53. The molecule has 2 aliphatic heterocycles. The lowest BCUT2D eigenvalue weighted by Crippen LogP contribution is -2.51. The molecule has 0 aromatic rings. The second-order valence-electron chi connectivity index (χ2n) is 6.06. The monoisotopic (exact) mass is 242 g/mol. The number of nitrogens with one attached hydrogen (secondary N) is 1. The summed E-state index contributed by atoms with van der Waals surface area (Å²) in [5.74, 6) is 0. The van der Waals surface area contributed by atoms with Crippen LogP contribution in [0.25, 0.3) is 0 Å². The fourth-order valence-electron chi connectivity index (χ4n) is 2.90. The third kappa shape index (κ3) is 3.41. The van der Waals surface area contributed by atoms with Gasteiger partial charge in [-0.15, -0.1) is 0 Å². The molecule has 0 aromatic carbocycles. The van der Waals surface area contributed by atoms with Gasteiger partial charge in [0.25, 0.3) is 0 Å². The fraction of sp³-hybridized carbons (Fsp3) is 1.00. The van der Waals surface area contributed by atoms with Crippen molar-refractivity contribution >= 4 is 0 Å². The van der Waals surface area contributed by atoms with Crippen molar-refractivity contribution in [3.05, 3.63) is 0 Å². The molecular formula is C13H26N2O2. The van der Waals surface area contributed by atoms with Crippen LogP contribution in [-0.4, -0.2) is 62.5 Å². The van der Waals surface area contributed by atoms with Crippen LogP contribution in [-0.2, 0) is 9.47 Å². The highest BCUT2D eigenvalue weighted by molar-refractivity contribution is 4.92. The summed E-state index contributed by atoms with van der Waals surface area (Å²) in [7, 11) is 1.82. The van der Waals surface area contributed by atoms with Crippen molar-refractivity contribution < 1.29 is 9.47 Å². The average Bonchev–Trinajstić information content (AvgIpc) is 2.66. The van der Waals surface area contributed by atoms with Crippen molar-refractivity contribution in [2.45, 2.75) is 37.8 Å². The highest BCUT2D eigenvalue weighted by atomic mass is 16.5. The molecule has 1 N–H and O–H groups in total. The van der Waals surface area contributed by atoms with E-state index in [4.69, 9.17) is 9.47 Å². The Morgan fingerprint density at radius 2 is 2.24 bits per heavy atom. The van der Waals surface area contributed by atoms with E-state index in [1.807, 2.05) is 7.11 Å². The van der Waals surface area contributed by atoms with Gasteiger partial charge >= 0.3 is 0 Å². The molecular weight excluding hydrogens is 216 g/mol. The minimum Gasteiger partial charge on any atom is -0.378 e. The molecule has 2 heterocycles. The largest absolute Gasteiger partial charge is 0.378 e. The molecule has 2 rings (SSSR count). The first kappa shape index (κ1) is 13.3. The maximum Gasteiger partial charge on any atom is 0.106 e. The fourth-order valence-corrected chi connectivity index (χ4v) is 2.90. The molecule has 4 heteroatoms. The normalized spacial score (nSPS) is 34.8. The van der Waals surface area contributed by atoms with Crippen molar-refractivity contribution in [2.75, 3.05) is 46.5 Å². The maximum atomic E-state index is 5.72. The SMILES string of the molecule is COC1(CN2CCCNC(C)(C)C2)CCOC1. The maximum absolute atomic E-state index is 5.72. The topological polar surface area (TPSA) is 33.7 Å². The van der Waals surface area contributed by atoms with Gasteiger partial charge in [0.15, 0.2) is 0 Å². The van der Waals surface area contributed by atoms with Gasteiger partial charge in [0.1, 0.15) is 5.60 Å². The van der Waals surface area contributed by atoms with Crippen LogP contribution in [0.5, 0.6) is 0 Å². The first-order valence-electron chi connectivity index (χ1n) is 6.66. The Morgan fingerprint density at radius 1 is 1.41 bits per heavy atom. The van der Waals surface area contributed by atoms with Crippen molar-refractivity contribution in [1.82, 2.24) is 10.2 Å². The molecule has 0 radical (unpaired) electrons. The van der Waals surface area contributed by atoms with Gasteiger partial charge in [0.2, 0.25) is 0 Å². The molecule has 1 unspecified atom stereocenters. The highest BCUT2D eigenvalue weighted by Crippen LogP contribution is 2.25. The molecule has 2 aliphatic rings. The Bertz CT molecular complexity index is 250. The molecule has 17 heavy (non-hydrogen) atoms. The average molecular weight is 242 g/mol. The summed E-state index contributed by atoms with van der Waals surface area (Å²) >= 11 is 0. The second kappa shape index (κ2) is 5.22. The van der Waals surface area contributed by atoms with Crippen LogP contribution in [0, 0.1) is 0 Å². The zero-order chi connectivity index (χ0) is 12.4. The number of ether oxygens (including phenoxy) is 2. The van der Waals surface area contributed by atoms with Crippen LogP contribution in [0.15, 0.2) is 0 Å². The van der Waals surface area contributed by atoms with E-state index < -0.39 is 0 Å². The van der Waals surface area contributed by atoms with Crippen molar-refractivity contribution in [1.29, 1.82) is 0 Å². The Hall–Kier alpha value is -0.160. The predicted octanol–water partition coefficient (Wildman–Crippen LogP) is 0.866. The number of hydrogen-bond acceptors (Lipinski definition) is 4. The van der Waals surface area contributed by atoms with Crippen LogP contribution in [0.2, 0.25) is 0 Å². The number of rotatable bonds is 3. The minimum atomic E-state index is -0.0690. The molecule has 4 nitrogen and oxygen atoms in total. The van der Waals surface area contributed by atoms with Gasteiger partial charge in [0.05, 0.1) is 6.61 Å². The summed E-state index contributed by atoms with van der Waals surface area (Å²) in [6, 6.07) is 0. The van der Waals surface area contributed by atoms with Crippen LogP contribution in [0.4, 0.5) is 0 Å². The van der Waals surface area contributed by atoms with Crippen LogP contribution in [0.3, 0.4) is 0 Å². The third-order valence-corrected chi connectivity index (χ3v) is 3.89. The molecule has 0 saturated carbocycles. The molecule has 100 valence electrons. The molecule has 1 atom stereocenters. The molecule has 0 spiro atoms. The van der Waals surface area contributed by atoms with Gasteiger partial charge in [-0.2, -0.15) is 0 Å². The van der Waals surface area contributed by atoms with E-state index in [1.54, 1.807) is 0 Å². The summed E-state index contributed by atoms with van der Waals surface area (Å²) in [6.45, 7) is 10.5. The first-order chi connectivity index (χ1) is 8.05. The van der Waals surface area contributed by atoms with E-state index in [0.29, 0.717) is 0 Å². The lowest BCUT2D eigenvalue weighted by atomic mass is 10.00. The number of nitrogens with zero attached hydrogens (tertiary/aromatic N) is 1. The standard InChI is InChI=1S/C13H26N2O2/c1-12(2)9-15(7-4-6-14-12)10-13(16-3)5-8-17-11-13/h14H,4-11H2,1-3H3. The smallest absolute Gasteiger partial charge is 0.106 e. The molecule has 0 aliphatic carbocycles. The van der Waals surface area contributed by atoms with Gasteiger partial charge in [-0.1, -0.05) is 0 Å². The predicted molar refractivity (Wildman–Crippen MR) is 68.3 cm³/mol. The van der Waals surface area contributed by atoms with Crippen LogP contribution >= 0.6 is 0 Å². The third-order valence-electron chi connectivity index (χ3n) is 3.89. The number of methoxy groups -OCH3 is 1. The quantitative estimate of drug-likeness (QED) is 0.796. The molecule has 2 saturated heterocycles. The molecule has 2 fully saturated rings. The zero-order valence-electron chi connectivity index (χ0n) is 11.4. The van der Waals surface area contributed by atoms with E-state index in [2.05, 4.69) is 24.1 Å². The molecule has 0 amide bonds. The van der Waals surface area contributed by atoms with E-state index in [-0.39, 0.29) is 11.1 Å². The van der Waals surface area contributed by atoms with Gasteiger partial charge in [-0.05, 0) is 33.4 Å². The van der Waals surface area contributed by atoms with Crippen LogP contribution in [0.1, 0.15) is 26.7 Å². The molecule has 0 aromatic heterocycles. The Labute approximate surface area is 105 Å². The van der Waals surface area contributed by atoms with Gasteiger partial charge in [-0.3, -0.25) is 4.90 Å². The summed E-state index contributed by atoms with van der Waals surface area (Å²) in [5, 5.41) is 3.59. The Balaban J connectivity index is 1.96. The first-order valence-corrected chi connectivity index (χ1v) is 6.66. The Kier molecular flexibility index (Phi) is 4.08. The van der Waals surface area contributed by atoms with Crippen LogP contribution < -0.4 is 5.32 Å². The highest BCUT2D eigenvalue weighted by Gasteiger charge is 2.38. The van der Waals surface area contributed by atoms with Crippen molar-refractivity contribution in [3.8, 4) is 0 Å². The molecule has 0 bridgehead atoms.